The van der Waals surface area contributed by atoms with E-state index in [4.69, 9.17) is 4.74 Å². The monoisotopic (exact) mass is 349 g/mol. The van der Waals surface area contributed by atoms with Crippen molar-refractivity contribution in [1.82, 2.24) is 10.6 Å². The molecule has 2 N–H and O–H groups in total. The van der Waals surface area contributed by atoms with E-state index in [2.05, 4.69) is 29.5 Å². The van der Waals surface area contributed by atoms with Gasteiger partial charge in [-0.25, -0.2) is 4.99 Å². The van der Waals surface area contributed by atoms with Crippen LogP contribution in [0, 0.1) is 5.92 Å². The van der Waals surface area contributed by atoms with E-state index in [0.29, 0.717) is 29.1 Å². The molecule has 1 heterocycles. The minimum absolute atomic E-state index is 0.106. The molecule has 0 radical (unpaired) electrons. The number of nitrogens with zero attached hydrogens (tertiary/aromatic N) is 1. The fourth-order valence-electron chi connectivity index (χ4n) is 2.13. The summed E-state index contributed by atoms with van der Waals surface area (Å²) in [7, 11) is 1.59. The van der Waals surface area contributed by atoms with E-state index in [0.717, 1.165) is 6.42 Å². The van der Waals surface area contributed by atoms with Crippen LogP contribution < -0.4 is 15.4 Å². The molecule has 1 aromatic carbocycles. The van der Waals surface area contributed by atoms with Crippen molar-refractivity contribution in [3.8, 4) is 5.75 Å². The minimum Gasteiger partial charge on any atom is -0.497 e. The summed E-state index contributed by atoms with van der Waals surface area (Å²) in [6.45, 7) is 4.85. The first-order valence-electron chi connectivity index (χ1n) is 7.95. The molecule has 1 saturated heterocycles. The van der Waals surface area contributed by atoms with Gasteiger partial charge >= 0.3 is 0 Å². The Balaban J connectivity index is 1.90. The number of nitrogens with one attached hydrogen (secondary N) is 2. The standard InChI is InChI=1S/C17H23N3O3S/c1-11(2)7-8-18-15(21)10-14-16(22)20-17(24-14)19-12-5-4-6-13(9-12)23-3/h4-6,9,11,14H,7-8,10H2,1-3H3,(H,18,21)(H,19,20,22)/t14-/m0/s1. The molecule has 130 valence electrons. The number of carbonyl (C=O) groups is 2. The van der Waals surface area contributed by atoms with E-state index in [1.165, 1.54) is 11.8 Å². The van der Waals surface area contributed by atoms with Gasteiger partial charge in [0.25, 0.3) is 0 Å². The lowest BCUT2D eigenvalue weighted by atomic mass is 10.1. The van der Waals surface area contributed by atoms with Crippen molar-refractivity contribution in [1.29, 1.82) is 0 Å². The highest BCUT2D eigenvalue weighted by Gasteiger charge is 2.32. The van der Waals surface area contributed by atoms with E-state index >= 15 is 0 Å². The lowest BCUT2D eigenvalue weighted by Gasteiger charge is -2.08. The second kappa shape index (κ2) is 8.73. The summed E-state index contributed by atoms with van der Waals surface area (Å²) in [5.74, 6) is 0.954. The van der Waals surface area contributed by atoms with Gasteiger partial charge in [0.1, 0.15) is 11.0 Å². The Kier molecular flexibility index (Phi) is 6.66. The van der Waals surface area contributed by atoms with Crippen molar-refractivity contribution >= 4 is 34.4 Å². The van der Waals surface area contributed by atoms with Gasteiger partial charge in [-0.3, -0.25) is 9.59 Å². The van der Waals surface area contributed by atoms with Crippen LogP contribution in [-0.2, 0) is 9.59 Å². The number of aliphatic imine (C=N–C) groups is 1. The third-order valence-electron chi connectivity index (χ3n) is 3.48. The van der Waals surface area contributed by atoms with Crippen molar-refractivity contribution in [2.24, 2.45) is 10.9 Å². The average molecular weight is 349 g/mol. The van der Waals surface area contributed by atoms with Crippen LogP contribution >= 0.6 is 11.8 Å². The summed E-state index contributed by atoms with van der Waals surface area (Å²) in [6, 6.07) is 7.27. The van der Waals surface area contributed by atoms with Gasteiger partial charge in [-0.15, -0.1) is 0 Å². The quantitative estimate of drug-likeness (QED) is 0.792. The number of hydrogen-bond donors (Lipinski definition) is 2. The van der Waals surface area contributed by atoms with Crippen LogP contribution in [0.15, 0.2) is 29.3 Å². The fourth-order valence-corrected chi connectivity index (χ4v) is 3.12. The Morgan fingerprint density at radius 2 is 2.25 bits per heavy atom. The van der Waals surface area contributed by atoms with Crippen molar-refractivity contribution < 1.29 is 14.3 Å². The van der Waals surface area contributed by atoms with Crippen LogP contribution in [0.4, 0.5) is 5.69 Å². The van der Waals surface area contributed by atoms with Gasteiger partial charge in [0, 0.05) is 19.0 Å². The number of amidine groups is 1. The number of benzene rings is 1. The van der Waals surface area contributed by atoms with Crippen LogP contribution in [0.5, 0.6) is 5.75 Å². The molecule has 2 amide bonds. The maximum Gasteiger partial charge on any atom is 0.240 e. The predicted molar refractivity (Wildman–Crippen MR) is 96.7 cm³/mol. The molecule has 0 saturated carbocycles. The smallest absolute Gasteiger partial charge is 0.240 e. The van der Waals surface area contributed by atoms with Crippen molar-refractivity contribution in [2.45, 2.75) is 31.9 Å². The van der Waals surface area contributed by atoms with Gasteiger partial charge in [0.2, 0.25) is 11.8 Å². The molecule has 2 rings (SSSR count). The zero-order valence-electron chi connectivity index (χ0n) is 14.2. The minimum atomic E-state index is -0.437. The molecule has 0 spiro atoms. The molecule has 24 heavy (non-hydrogen) atoms. The van der Waals surface area contributed by atoms with Crippen LogP contribution in [0.2, 0.25) is 0 Å². The highest BCUT2D eigenvalue weighted by Crippen LogP contribution is 2.26. The third kappa shape index (κ3) is 5.56. The summed E-state index contributed by atoms with van der Waals surface area (Å²) in [6.07, 6.45) is 1.09. The number of hydrogen-bond acceptors (Lipinski definition) is 5. The van der Waals surface area contributed by atoms with Crippen LogP contribution in [-0.4, -0.2) is 35.9 Å². The Morgan fingerprint density at radius 3 is 2.96 bits per heavy atom. The summed E-state index contributed by atoms with van der Waals surface area (Å²) in [5.41, 5.74) is 0.694. The maximum absolute atomic E-state index is 12.0. The molecule has 7 heteroatoms. The third-order valence-corrected chi connectivity index (χ3v) is 4.56. The summed E-state index contributed by atoms with van der Waals surface area (Å²) < 4.78 is 5.15. The largest absolute Gasteiger partial charge is 0.497 e. The number of carbonyl (C=O) groups excluding carboxylic acids is 2. The van der Waals surface area contributed by atoms with E-state index < -0.39 is 5.25 Å². The molecule has 1 atom stereocenters. The number of ether oxygens (including phenoxy) is 1. The molecule has 0 aromatic heterocycles. The summed E-state index contributed by atoms with van der Waals surface area (Å²) in [4.78, 5) is 28.3. The average Bonchev–Trinajstić information content (AvgIpc) is 2.86. The predicted octanol–water partition coefficient (Wildman–Crippen LogP) is 2.47. The summed E-state index contributed by atoms with van der Waals surface area (Å²) >= 11 is 1.28. The molecule has 0 bridgehead atoms. The van der Waals surface area contributed by atoms with E-state index in [1.54, 1.807) is 13.2 Å². The highest BCUT2D eigenvalue weighted by molar-refractivity contribution is 8.15. The zero-order valence-corrected chi connectivity index (χ0v) is 15.0. The van der Waals surface area contributed by atoms with Crippen molar-refractivity contribution in [3.63, 3.8) is 0 Å². The topological polar surface area (TPSA) is 79.8 Å². The van der Waals surface area contributed by atoms with Crippen LogP contribution in [0.3, 0.4) is 0 Å². The molecular weight excluding hydrogens is 326 g/mol. The highest BCUT2D eigenvalue weighted by atomic mass is 32.2. The Labute approximate surface area is 146 Å². The Bertz CT molecular complexity index is 631. The van der Waals surface area contributed by atoms with Crippen LogP contribution in [0.1, 0.15) is 26.7 Å². The molecule has 1 fully saturated rings. The normalized spacial score (nSPS) is 18.8. The first-order chi connectivity index (χ1) is 11.5. The molecule has 0 aliphatic carbocycles. The second-order valence-electron chi connectivity index (χ2n) is 5.95. The van der Waals surface area contributed by atoms with E-state index in [-0.39, 0.29) is 18.2 Å². The van der Waals surface area contributed by atoms with E-state index in [9.17, 15) is 9.59 Å². The molecule has 6 nitrogen and oxygen atoms in total. The number of methoxy groups -OCH3 is 1. The Morgan fingerprint density at radius 1 is 1.46 bits per heavy atom. The maximum atomic E-state index is 12.0. The first kappa shape index (κ1) is 18.3. The molecule has 1 aromatic rings. The van der Waals surface area contributed by atoms with Gasteiger partial charge in [-0.2, -0.15) is 0 Å². The number of thioether (sulfide) groups is 1. The van der Waals surface area contributed by atoms with Gasteiger partial charge in [0.05, 0.1) is 12.8 Å². The van der Waals surface area contributed by atoms with Gasteiger partial charge in [-0.05, 0) is 24.5 Å². The first-order valence-corrected chi connectivity index (χ1v) is 8.83. The molecule has 1 aliphatic rings. The number of amides is 2. The van der Waals surface area contributed by atoms with Crippen LogP contribution in [0.25, 0.3) is 0 Å². The molecular formula is C17H23N3O3S. The Hall–Kier alpha value is -2.02. The summed E-state index contributed by atoms with van der Waals surface area (Å²) in [5, 5.41) is 5.65. The van der Waals surface area contributed by atoms with Gasteiger partial charge in [-0.1, -0.05) is 31.7 Å². The van der Waals surface area contributed by atoms with Gasteiger partial charge < -0.3 is 15.4 Å². The van der Waals surface area contributed by atoms with Gasteiger partial charge in [0.15, 0.2) is 5.17 Å². The zero-order chi connectivity index (χ0) is 17.5. The SMILES string of the molecule is COc1cccc(N=C2NC(=O)[C@H](CC(=O)NCCC(C)C)S2)c1. The molecule has 1 aliphatic heterocycles. The van der Waals surface area contributed by atoms with Crippen molar-refractivity contribution in [2.75, 3.05) is 13.7 Å². The fraction of sp³-hybridized carbons (Fsp3) is 0.471. The lowest BCUT2D eigenvalue weighted by Crippen LogP contribution is -2.32. The van der Waals surface area contributed by atoms with E-state index in [1.807, 2.05) is 18.2 Å². The lowest BCUT2D eigenvalue weighted by molar-refractivity contribution is -0.125. The van der Waals surface area contributed by atoms with Crippen molar-refractivity contribution in [3.05, 3.63) is 24.3 Å². The second-order valence-corrected chi connectivity index (χ2v) is 7.14. The molecule has 0 unspecified atom stereocenters. The number of rotatable bonds is 7.